The molecule has 4 N–H and O–H groups in total. The lowest BCUT2D eigenvalue weighted by Gasteiger charge is -2.07. The standard InChI is InChI=1S/C10H11BrN4O4/c11-8-2-1-6(15(18)19)5-7(8)9(16)13-3-4-14-10(12)17/h1-2,5H,3-4H2,(H,13,16)(H3,12,14,17). The van der Waals surface area contributed by atoms with E-state index in [2.05, 4.69) is 26.6 Å². The van der Waals surface area contributed by atoms with Crippen molar-refractivity contribution >= 4 is 33.6 Å². The lowest BCUT2D eigenvalue weighted by atomic mass is 10.2. The van der Waals surface area contributed by atoms with Gasteiger partial charge in [-0.3, -0.25) is 14.9 Å². The fraction of sp³-hybridized carbons (Fsp3) is 0.200. The highest BCUT2D eigenvalue weighted by Crippen LogP contribution is 2.22. The quantitative estimate of drug-likeness (QED) is 0.418. The Morgan fingerprint density at radius 3 is 2.53 bits per heavy atom. The summed E-state index contributed by atoms with van der Waals surface area (Å²) in [6, 6.07) is 3.19. The van der Waals surface area contributed by atoms with E-state index in [0.717, 1.165) is 0 Å². The number of primary amides is 1. The minimum Gasteiger partial charge on any atom is -0.352 e. The summed E-state index contributed by atoms with van der Waals surface area (Å²) >= 11 is 3.14. The molecule has 8 nitrogen and oxygen atoms in total. The molecule has 0 radical (unpaired) electrons. The number of carbonyl (C=O) groups is 2. The minimum absolute atomic E-state index is 0.147. The van der Waals surface area contributed by atoms with Crippen LogP contribution in [0, 0.1) is 10.1 Å². The highest BCUT2D eigenvalue weighted by molar-refractivity contribution is 9.10. The topological polar surface area (TPSA) is 127 Å². The zero-order chi connectivity index (χ0) is 14.4. The van der Waals surface area contributed by atoms with Crippen LogP contribution in [-0.4, -0.2) is 30.0 Å². The highest BCUT2D eigenvalue weighted by atomic mass is 79.9. The lowest BCUT2D eigenvalue weighted by molar-refractivity contribution is -0.384. The maximum atomic E-state index is 11.8. The molecular weight excluding hydrogens is 320 g/mol. The number of amides is 3. The van der Waals surface area contributed by atoms with Crippen molar-refractivity contribution in [1.82, 2.24) is 10.6 Å². The Morgan fingerprint density at radius 1 is 1.32 bits per heavy atom. The highest BCUT2D eigenvalue weighted by Gasteiger charge is 2.15. The Bertz CT molecular complexity index is 520. The molecule has 0 saturated heterocycles. The number of benzene rings is 1. The summed E-state index contributed by atoms with van der Waals surface area (Å²) in [5.74, 6) is -0.484. The number of rotatable bonds is 5. The fourth-order valence-electron chi connectivity index (χ4n) is 1.26. The van der Waals surface area contributed by atoms with Gasteiger partial charge in [-0.1, -0.05) is 0 Å². The van der Waals surface area contributed by atoms with Crippen LogP contribution in [0.25, 0.3) is 0 Å². The van der Waals surface area contributed by atoms with Gasteiger partial charge in [-0.25, -0.2) is 4.79 Å². The third-order valence-corrected chi connectivity index (χ3v) is 2.81. The Kier molecular flexibility index (Phi) is 5.24. The van der Waals surface area contributed by atoms with Crippen LogP contribution in [-0.2, 0) is 0 Å². The molecule has 0 aromatic heterocycles. The Morgan fingerprint density at radius 2 is 1.95 bits per heavy atom. The molecule has 19 heavy (non-hydrogen) atoms. The van der Waals surface area contributed by atoms with Gasteiger partial charge in [0.05, 0.1) is 10.5 Å². The molecule has 1 aromatic rings. The van der Waals surface area contributed by atoms with Gasteiger partial charge in [0.1, 0.15) is 0 Å². The van der Waals surface area contributed by atoms with E-state index >= 15 is 0 Å². The van der Waals surface area contributed by atoms with Gasteiger partial charge in [0, 0.05) is 29.7 Å². The van der Waals surface area contributed by atoms with Gasteiger partial charge >= 0.3 is 6.03 Å². The summed E-state index contributed by atoms with van der Waals surface area (Å²) in [6.45, 7) is 0.338. The second-order valence-corrected chi connectivity index (χ2v) is 4.32. The smallest absolute Gasteiger partial charge is 0.312 e. The van der Waals surface area contributed by atoms with E-state index in [9.17, 15) is 19.7 Å². The Labute approximate surface area is 116 Å². The SMILES string of the molecule is NC(=O)NCCNC(=O)c1cc([N+](=O)[O-])ccc1Br. The normalized spacial score (nSPS) is 9.74. The molecular formula is C10H11BrN4O4. The molecule has 102 valence electrons. The average Bonchev–Trinajstić information content (AvgIpc) is 2.34. The van der Waals surface area contributed by atoms with Crippen molar-refractivity contribution in [2.45, 2.75) is 0 Å². The molecule has 0 heterocycles. The molecule has 0 bridgehead atoms. The maximum absolute atomic E-state index is 11.8. The number of nitrogens with one attached hydrogen (secondary N) is 2. The molecule has 0 saturated carbocycles. The number of urea groups is 1. The molecule has 9 heteroatoms. The summed E-state index contributed by atoms with van der Waals surface area (Å²) in [5, 5.41) is 15.4. The summed E-state index contributed by atoms with van der Waals surface area (Å²) in [7, 11) is 0. The first-order valence-corrected chi connectivity index (χ1v) is 5.96. The molecule has 0 aliphatic rings. The van der Waals surface area contributed by atoms with Crippen LogP contribution < -0.4 is 16.4 Å². The van der Waals surface area contributed by atoms with E-state index in [4.69, 9.17) is 5.73 Å². The van der Waals surface area contributed by atoms with E-state index in [1.807, 2.05) is 0 Å². The molecule has 1 aromatic carbocycles. The van der Waals surface area contributed by atoms with Crippen molar-refractivity contribution in [3.8, 4) is 0 Å². The van der Waals surface area contributed by atoms with Crippen LogP contribution in [0.4, 0.5) is 10.5 Å². The van der Waals surface area contributed by atoms with E-state index in [-0.39, 0.29) is 24.3 Å². The van der Waals surface area contributed by atoms with E-state index < -0.39 is 16.9 Å². The van der Waals surface area contributed by atoms with Gasteiger partial charge in [0.2, 0.25) is 0 Å². The van der Waals surface area contributed by atoms with Crippen molar-refractivity contribution in [2.75, 3.05) is 13.1 Å². The van der Waals surface area contributed by atoms with Crippen LogP contribution in [0.5, 0.6) is 0 Å². The van der Waals surface area contributed by atoms with Gasteiger partial charge in [0.15, 0.2) is 0 Å². The molecule has 0 unspecified atom stereocenters. The number of non-ortho nitro benzene ring substituents is 1. The number of nitro benzene ring substituents is 1. The van der Waals surface area contributed by atoms with Crippen molar-refractivity contribution in [3.63, 3.8) is 0 Å². The van der Waals surface area contributed by atoms with Gasteiger partial charge < -0.3 is 16.4 Å². The summed E-state index contributed by atoms with van der Waals surface area (Å²) in [4.78, 5) is 32.2. The molecule has 1 rings (SSSR count). The van der Waals surface area contributed by atoms with Crippen LogP contribution in [0.3, 0.4) is 0 Å². The third kappa shape index (κ3) is 4.54. The number of nitrogens with two attached hydrogens (primary N) is 1. The molecule has 0 aliphatic carbocycles. The largest absolute Gasteiger partial charge is 0.352 e. The van der Waals surface area contributed by atoms with Crippen LogP contribution in [0.15, 0.2) is 22.7 Å². The minimum atomic E-state index is -0.689. The number of nitro groups is 1. The zero-order valence-electron chi connectivity index (χ0n) is 9.68. The number of carbonyl (C=O) groups excluding carboxylic acids is 2. The Balaban J connectivity index is 2.68. The average molecular weight is 331 g/mol. The first kappa shape index (κ1) is 14.9. The van der Waals surface area contributed by atoms with Crippen molar-refractivity contribution < 1.29 is 14.5 Å². The lowest BCUT2D eigenvalue weighted by Crippen LogP contribution is -2.37. The predicted octanol–water partition coefficient (Wildman–Crippen LogP) is 0.755. The second kappa shape index (κ2) is 6.69. The Hall–Kier alpha value is -2.16. The summed E-state index contributed by atoms with van der Waals surface area (Å²) in [5.41, 5.74) is 4.82. The van der Waals surface area contributed by atoms with E-state index in [0.29, 0.717) is 4.47 Å². The maximum Gasteiger partial charge on any atom is 0.312 e. The first-order chi connectivity index (χ1) is 8.91. The van der Waals surface area contributed by atoms with Crippen molar-refractivity contribution in [3.05, 3.63) is 38.3 Å². The van der Waals surface area contributed by atoms with E-state index in [1.54, 1.807) is 0 Å². The number of nitrogens with zero attached hydrogens (tertiary/aromatic N) is 1. The molecule has 0 aliphatic heterocycles. The number of halogens is 1. The van der Waals surface area contributed by atoms with E-state index in [1.165, 1.54) is 18.2 Å². The summed E-state index contributed by atoms with van der Waals surface area (Å²) in [6.07, 6.45) is 0. The van der Waals surface area contributed by atoms with Gasteiger partial charge in [-0.05, 0) is 22.0 Å². The molecule has 0 fully saturated rings. The zero-order valence-corrected chi connectivity index (χ0v) is 11.3. The summed E-state index contributed by atoms with van der Waals surface area (Å²) < 4.78 is 0.443. The van der Waals surface area contributed by atoms with Crippen LogP contribution in [0.1, 0.15) is 10.4 Å². The van der Waals surface area contributed by atoms with Gasteiger partial charge in [-0.2, -0.15) is 0 Å². The monoisotopic (exact) mass is 330 g/mol. The predicted molar refractivity (Wildman–Crippen MR) is 70.7 cm³/mol. The molecule has 0 atom stereocenters. The second-order valence-electron chi connectivity index (χ2n) is 3.47. The molecule has 0 spiro atoms. The number of hydrogen-bond acceptors (Lipinski definition) is 4. The number of hydrogen-bond donors (Lipinski definition) is 3. The van der Waals surface area contributed by atoms with Crippen molar-refractivity contribution in [2.24, 2.45) is 5.73 Å². The van der Waals surface area contributed by atoms with Crippen molar-refractivity contribution in [1.29, 1.82) is 0 Å². The van der Waals surface area contributed by atoms with Crippen LogP contribution in [0.2, 0.25) is 0 Å². The third-order valence-electron chi connectivity index (χ3n) is 2.12. The van der Waals surface area contributed by atoms with Gasteiger partial charge in [0.25, 0.3) is 11.6 Å². The fourth-order valence-corrected chi connectivity index (χ4v) is 1.68. The molecule has 3 amide bonds. The van der Waals surface area contributed by atoms with Gasteiger partial charge in [-0.15, -0.1) is 0 Å². The van der Waals surface area contributed by atoms with Crippen LogP contribution >= 0.6 is 15.9 Å². The first-order valence-electron chi connectivity index (χ1n) is 5.17.